The largest absolute Gasteiger partial charge is 0.493 e. The Morgan fingerprint density at radius 2 is 1.55 bits per heavy atom. The number of benzene rings is 2. The van der Waals surface area contributed by atoms with Gasteiger partial charge in [-0.3, -0.25) is 14.9 Å². The van der Waals surface area contributed by atoms with E-state index in [1.165, 1.54) is 32.4 Å². The molecule has 15 nitrogen and oxygen atoms in total. The predicted molar refractivity (Wildman–Crippen MR) is 215 cm³/mol. The van der Waals surface area contributed by atoms with Crippen molar-refractivity contribution >= 4 is 51.1 Å². The van der Waals surface area contributed by atoms with Gasteiger partial charge in [0.1, 0.15) is 25.9 Å². The summed E-state index contributed by atoms with van der Waals surface area (Å²) < 4.78 is 33.0. The molecule has 56 heavy (non-hydrogen) atoms. The topological polar surface area (TPSA) is 180 Å². The second-order valence-corrected chi connectivity index (χ2v) is 17.5. The standard InChI is InChI=1S/C40H56N4O11Si/c1-10-21-52-34(45)19-18-29(36(47)53-22-11-2)42-37(48)41-27-16-14-26(15-17-27)25-54-38(49)43-30-24-32(51-9)31(50-8)23-28(30)35(46)44-20-12-13-33(44)40(6,7)55-56-39(3,4)5/h10-11,14-17,23-24,29,33H,1-2,12-13,18-22,25,56H2,3-9H3,(H,43,49)(H2,41,42,48). The summed E-state index contributed by atoms with van der Waals surface area (Å²) in [7, 11) is 2.04. The van der Waals surface area contributed by atoms with Gasteiger partial charge in [0.05, 0.1) is 37.1 Å². The smallest absolute Gasteiger partial charge is 0.411 e. The SMILES string of the molecule is C=CCOC(=O)CCC(NC(=O)Nc1ccc(COC(=O)Nc2cc(OC)c(OC)cc2C(=O)N2CCCC2C(C)(C)O[SiH2]C(C)(C)C)cc1)C(=O)OCC=C. The highest BCUT2D eigenvalue weighted by molar-refractivity contribution is 6.31. The fourth-order valence-corrected chi connectivity index (χ4v) is 6.82. The summed E-state index contributed by atoms with van der Waals surface area (Å²) in [6.07, 6.45) is 3.40. The first-order valence-electron chi connectivity index (χ1n) is 18.4. The Bertz CT molecular complexity index is 1710. The van der Waals surface area contributed by atoms with Crippen LogP contribution in [0.1, 0.15) is 76.2 Å². The number of hydrogen-bond acceptors (Lipinski definition) is 11. The molecule has 0 spiro atoms. The number of carbonyl (C=O) groups excluding carboxylic acids is 5. The molecule has 0 aromatic heterocycles. The van der Waals surface area contributed by atoms with Crippen molar-refractivity contribution in [1.29, 1.82) is 0 Å². The molecule has 0 radical (unpaired) electrons. The van der Waals surface area contributed by atoms with Crippen molar-refractivity contribution in [3.8, 4) is 11.5 Å². The minimum atomic E-state index is -1.13. The van der Waals surface area contributed by atoms with Crippen LogP contribution < -0.4 is 25.4 Å². The maximum atomic E-state index is 14.2. The molecular weight excluding hydrogens is 741 g/mol. The summed E-state index contributed by atoms with van der Waals surface area (Å²) in [5.74, 6) is -0.933. The lowest BCUT2D eigenvalue weighted by Crippen LogP contribution is -2.51. The van der Waals surface area contributed by atoms with Crippen LogP contribution >= 0.6 is 0 Å². The van der Waals surface area contributed by atoms with Crippen LogP contribution in [0.2, 0.25) is 5.04 Å². The number of urea groups is 1. The predicted octanol–water partition coefficient (Wildman–Crippen LogP) is 5.88. The number of methoxy groups -OCH3 is 2. The second-order valence-electron chi connectivity index (χ2n) is 14.8. The maximum Gasteiger partial charge on any atom is 0.411 e. The number of esters is 2. The number of hydrogen-bond donors (Lipinski definition) is 3. The summed E-state index contributed by atoms with van der Waals surface area (Å²) in [6.45, 7) is 17.9. The van der Waals surface area contributed by atoms with Gasteiger partial charge in [0.2, 0.25) is 0 Å². The van der Waals surface area contributed by atoms with Crippen LogP contribution in [0.5, 0.6) is 11.5 Å². The molecule has 16 heteroatoms. The van der Waals surface area contributed by atoms with E-state index >= 15 is 0 Å². The van der Waals surface area contributed by atoms with E-state index in [1.807, 2.05) is 13.8 Å². The van der Waals surface area contributed by atoms with Gasteiger partial charge < -0.3 is 43.6 Å². The number of amides is 4. The Balaban J connectivity index is 1.67. The average Bonchev–Trinajstić information content (AvgIpc) is 3.67. The molecule has 2 aromatic rings. The first kappa shape index (κ1) is 45.0. The lowest BCUT2D eigenvalue weighted by atomic mass is 9.96. The number of ether oxygens (including phenoxy) is 5. The number of rotatable bonds is 19. The zero-order chi connectivity index (χ0) is 41.5. The van der Waals surface area contributed by atoms with Crippen molar-refractivity contribution in [2.24, 2.45) is 0 Å². The van der Waals surface area contributed by atoms with Gasteiger partial charge in [0.25, 0.3) is 5.91 Å². The van der Waals surface area contributed by atoms with Crippen LogP contribution in [0.3, 0.4) is 0 Å². The zero-order valence-electron chi connectivity index (χ0n) is 33.5. The van der Waals surface area contributed by atoms with Crippen LogP contribution in [0, 0.1) is 0 Å². The molecule has 0 saturated carbocycles. The molecule has 1 heterocycles. The third-order valence-corrected chi connectivity index (χ3v) is 10.5. The second kappa shape index (κ2) is 21.1. The van der Waals surface area contributed by atoms with Crippen LogP contribution in [0.25, 0.3) is 0 Å². The molecule has 2 aromatic carbocycles. The zero-order valence-corrected chi connectivity index (χ0v) is 34.9. The molecule has 0 bridgehead atoms. The van der Waals surface area contributed by atoms with Crippen molar-refractivity contribution < 1.29 is 52.1 Å². The molecule has 306 valence electrons. The van der Waals surface area contributed by atoms with Crippen molar-refractivity contribution in [2.45, 2.75) is 89.6 Å². The van der Waals surface area contributed by atoms with E-state index in [0.29, 0.717) is 29.3 Å². The van der Waals surface area contributed by atoms with Crippen LogP contribution in [-0.2, 0) is 34.8 Å². The molecular formula is C40H56N4O11Si. The van der Waals surface area contributed by atoms with Gasteiger partial charge in [0, 0.05) is 24.7 Å². The lowest BCUT2D eigenvalue weighted by Gasteiger charge is -2.40. The van der Waals surface area contributed by atoms with Crippen molar-refractivity contribution in [3.63, 3.8) is 0 Å². The number of likely N-dealkylation sites (tertiary alicyclic amines) is 1. The van der Waals surface area contributed by atoms with Crippen molar-refractivity contribution in [1.82, 2.24) is 10.2 Å². The normalized spacial score (nSPS) is 14.7. The fraction of sp³-hybridized carbons (Fsp3) is 0.475. The van der Waals surface area contributed by atoms with Gasteiger partial charge in [-0.2, -0.15) is 0 Å². The molecule has 4 amide bonds. The summed E-state index contributed by atoms with van der Waals surface area (Å²) in [6, 6.07) is 7.51. The Labute approximate surface area is 331 Å². The van der Waals surface area contributed by atoms with Crippen molar-refractivity contribution in [3.05, 3.63) is 72.8 Å². The highest BCUT2D eigenvalue weighted by Gasteiger charge is 2.42. The molecule has 1 saturated heterocycles. The summed E-state index contributed by atoms with van der Waals surface area (Å²) in [5.41, 5.74) is 0.820. The monoisotopic (exact) mass is 796 g/mol. The van der Waals surface area contributed by atoms with E-state index in [2.05, 4.69) is 49.9 Å². The third kappa shape index (κ3) is 13.7. The van der Waals surface area contributed by atoms with E-state index in [1.54, 1.807) is 35.2 Å². The van der Waals surface area contributed by atoms with E-state index in [0.717, 1.165) is 12.8 Å². The third-order valence-electron chi connectivity index (χ3n) is 8.70. The lowest BCUT2D eigenvalue weighted by molar-refractivity contribution is -0.146. The van der Waals surface area contributed by atoms with E-state index in [-0.39, 0.29) is 60.9 Å². The minimum Gasteiger partial charge on any atom is -0.493 e. The van der Waals surface area contributed by atoms with Gasteiger partial charge in [-0.1, -0.05) is 58.2 Å². The molecule has 2 atom stereocenters. The molecule has 1 fully saturated rings. The van der Waals surface area contributed by atoms with Crippen LogP contribution in [-0.4, -0.2) is 96.3 Å². The first-order valence-corrected chi connectivity index (χ1v) is 19.7. The number of carbonyl (C=O) groups is 5. The maximum absolute atomic E-state index is 14.2. The van der Waals surface area contributed by atoms with Gasteiger partial charge >= 0.3 is 24.1 Å². The summed E-state index contributed by atoms with van der Waals surface area (Å²) >= 11 is 0. The Hall–Kier alpha value is -5.35. The highest BCUT2D eigenvalue weighted by atomic mass is 28.2. The van der Waals surface area contributed by atoms with Crippen molar-refractivity contribution in [2.75, 3.05) is 44.6 Å². The average molecular weight is 797 g/mol. The van der Waals surface area contributed by atoms with Gasteiger partial charge in [-0.25, -0.2) is 14.4 Å². The Morgan fingerprint density at radius 3 is 2.18 bits per heavy atom. The van der Waals surface area contributed by atoms with E-state index in [9.17, 15) is 24.0 Å². The molecule has 1 aliphatic heterocycles. The summed E-state index contributed by atoms with van der Waals surface area (Å²) in [5, 5.41) is 7.93. The Morgan fingerprint density at radius 1 is 0.911 bits per heavy atom. The molecule has 3 N–H and O–H groups in total. The molecule has 3 rings (SSSR count). The molecule has 0 aliphatic carbocycles. The van der Waals surface area contributed by atoms with E-state index < -0.39 is 45.5 Å². The molecule has 2 unspecified atom stereocenters. The number of anilines is 2. The van der Waals surface area contributed by atoms with Crippen LogP contribution in [0.15, 0.2) is 61.7 Å². The summed E-state index contributed by atoms with van der Waals surface area (Å²) in [4.78, 5) is 66.4. The fourth-order valence-electron chi connectivity index (χ4n) is 5.83. The quantitative estimate of drug-likeness (QED) is 0.0669. The Kier molecular flexibility index (Phi) is 17.0. The minimum absolute atomic E-state index is 0.0253. The van der Waals surface area contributed by atoms with Crippen LogP contribution in [0.4, 0.5) is 21.0 Å². The van der Waals surface area contributed by atoms with Gasteiger partial charge in [-0.05, 0) is 61.9 Å². The highest BCUT2D eigenvalue weighted by Crippen LogP contribution is 2.38. The van der Waals surface area contributed by atoms with E-state index in [4.69, 9.17) is 28.1 Å². The number of nitrogens with one attached hydrogen (secondary N) is 3. The van der Waals surface area contributed by atoms with Gasteiger partial charge in [0.15, 0.2) is 21.3 Å². The molecule has 1 aliphatic rings. The van der Waals surface area contributed by atoms with Gasteiger partial charge in [-0.15, -0.1) is 0 Å². The number of nitrogens with zero attached hydrogens (tertiary/aromatic N) is 1. The first-order chi connectivity index (χ1) is 26.5.